The van der Waals surface area contributed by atoms with E-state index in [2.05, 4.69) is 6.58 Å². The van der Waals surface area contributed by atoms with Crippen LogP contribution in [0.4, 0.5) is 0 Å². The average molecular weight is 171 g/mol. The molecule has 1 nitrogen and oxygen atoms in total. The topological polar surface area (TPSA) is 17.1 Å². The van der Waals surface area contributed by atoms with Gasteiger partial charge in [0.25, 0.3) is 0 Å². The SMILES string of the molecule is C=C1CC(Cl)C=CC1(C)C=O. The summed E-state index contributed by atoms with van der Waals surface area (Å²) in [4.78, 5) is 10.6. The Morgan fingerprint density at radius 2 is 2.55 bits per heavy atom. The minimum Gasteiger partial charge on any atom is -0.302 e. The molecule has 1 aliphatic carbocycles. The van der Waals surface area contributed by atoms with E-state index >= 15 is 0 Å². The fourth-order valence-electron chi connectivity index (χ4n) is 1.07. The summed E-state index contributed by atoms with van der Waals surface area (Å²) in [6.45, 7) is 5.67. The number of allylic oxidation sites excluding steroid dienone is 3. The lowest BCUT2D eigenvalue weighted by molar-refractivity contribution is -0.112. The summed E-state index contributed by atoms with van der Waals surface area (Å²) in [5.74, 6) is 0. The Morgan fingerprint density at radius 3 is 3.00 bits per heavy atom. The number of rotatable bonds is 1. The zero-order valence-electron chi connectivity index (χ0n) is 6.51. The molecule has 0 aliphatic heterocycles. The van der Waals surface area contributed by atoms with Crippen LogP contribution in [0, 0.1) is 5.41 Å². The van der Waals surface area contributed by atoms with Crippen molar-refractivity contribution in [1.29, 1.82) is 0 Å². The van der Waals surface area contributed by atoms with Crippen molar-refractivity contribution in [1.82, 2.24) is 0 Å². The Labute approximate surface area is 71.7 Å². The summed E-state index contributed by atoms with van der Waals surface area (Å²) < 4.78 is 0. The fourth-order valence-corrected chi connectivity index (χ4v) is 1.33. The molecule has 1 rings (SSSR count). The summed E-state index contributed by atoms with van der Waals surface area (Å²) in [6.07, 6.45) is 5.29. The lowest BCUT2D eigenvalue weighted by atomic mass is 9.78. The van der Waals surface area contributed by atoms with Crippen molar-refractivity contribution in [3.05, 3.63) is 24.3 Å². The average Bonchev–Trinajstić information content (AvgIpc) is 1.98. The molecule has 0 aromatic heterocycles. The molecule has 0 fully saturated rings. The largest absolute Gasteiger partial charge is 0.302 e. The van der Waals surface area contributed by atoms with Crippen LogP contribution in [0.15, 0.2) is 24.3 Å². The van der Waals surface area contributed by atoms with Crippen molar-refractivity contribution >= 4 is 17.9 Å². The van der Waals surface area contributed by atoms with Crippen LogP contribution in [0.1, 0.15) is 13.3 Å². The molecule has 0 aromatic rings. The first kappa shape index (κ1) is 8.54. The summed E-state index contributed by atoms with van der Waals surface area (Å²) >= 11 is 5.83. The molecule has 2 unspecified atom stereocenters. The highest BCUT2D eigenvalue weighted by molar-refractivity contribution is 6.22. The van der Waals surface area contributed by atoms with Crippen molar-refractivity contribution in [2.45, 2.75) is 18.7 Å². The minimum absolute atomic E-state index is 0.00975. The molecule has 11 heavy (non-hydrogen) atoms. The maximum atomic E-state index is 10.6. The lowest BCUT2D eigenvalue weighted by Crippen LogP contribution is -2.23. The van der Waals surface area contributed by atoms with Crippen LogP contribution in [0.25, 0.3) is 0 Å². The first-order valence-corrected chi connectivity index (χ1v) is 4.00. The van der Waals surface area contributed by atoms with Gasteiger partial charge in [-0.05, 0) is 13.3 Å². The van der Waals surface area contributed by atoms with Gasteiger partial charge in [0.05, 0.1) is 10.8 Å². The van der Waals surface area contributed by atoms with Crippen LogP contribution in [0.2, 0.25) is 0 Å². The normalized spacial score (nSPS) is 37.3. The van der Waals surface area contributed by atoms with Crippen molar-refractivity contribution in [2.24, 2.45) is 5.41 Å². The number of hydrogen-bond acceptors (Lipinski definition) is 1. The van der Waals surface area contributed by atoms with Gasteiger partial charge in [0.1, 0.15) is 6.29 Å². The van der Waals surface area contributed by atoms with Crippen LogP contribution >= 0.6 is 11.6 Å². The van der Waals surface area contributed by atoms with Crippen LogP contribution in [0.5, 0.6) is 0 Å². The number of carbonyl (C=O) groups is 1. The van der Waals surface area contributed by atoms with Gasteiger partial charge in [-0.25, -0.2) is 0 Å². The van der Waals surface area contributed by atoms with E-state index in [1.54, 1.807) is 0 Å². The van der Waals surface area contributed by atoms with Gasteiger partial charge in [-0.15, -0.1) is 11.6 Å². The van der Waals surface area contributed by atoms with E-state index in [0.29, 0.717) is 6.42 Å². The summed E-state index contributed by atoms with van der Waals surface area (Å²) in [5, 5.41) is 0.00975. The van der Waals surface area contributed by atoms with Gasteiger partial charge < -0.3 is 4.79 Å². The van der Waals surface area contributed by atoms with E-state index in [-0.39, 0.29) is 5.38 Å². The molecule has 0 radical (unpaired) electrons. The van der Waals surface area contributed by atoms with E-state index < -0.39 is 5.41 Å². The maximum absolute atomic E-state index is 10.6. The molecule has 0 amide bonds. The van der Waals surface area contributed by atoms with Crippen molar-refractivity contribution in [2.75, 3.05) is 0 Å². The predicted octanol–water partition coefficient (Wildman–Crippen LogP) is 2.32. The van der Waals surface area contributed by atoms with Gasteiger partial charge in [0.15, 0.2) is 0 Å². The molecule has 0 aromatic carbocycles. The van der Waals surface area contributed by atoms with Crippen LogP contribution in [-0.2, 0) is 4.79 Å². The number of halogens is 1. The van der Waals surface area contributed by atoms with Crippen molar-refractivity contribution < 1.29 is 4.79 Å². The second kappa shape index (κ2) is 2.82. The van der Waals surface area contributed by atoms with Gasteiger partial charge in [-0.1, -0.05) is 24.3 Å². The standard InChI is InChI=1S/C9H11ClO/c1-7-5-8(10)3-4-9(7,2)6-11/h3-4,6,8H,1,5H2,2H3. The Hall–Kier alpha value is -0.560. The summed E-state index contributed by atoms with van der Waals surface area (Å²) in [6, 6.07) is 0. The second-order valence-corrected chi connectivity index (χ2v) is 3.64. The van der Waals surface area contributed by atoms with E-state index in [0.717, 1.165) is 11.9 Å². The van der Waals surface area contributed by atoms with E-state index in [1.807, 2.05) is 19.1 Å². The van der Waals surface area contributed by atoms with Crippen molar-refractivity contribution in [3.8, 4) is 0 Å². The van der Waals surface area contributed by atoms with Crippen LogP contribution < -0.4 is 0 Å². The predicted molar refractivity (Wildman–Crippen MR) is 46.7 cm³/mol. The quantitative estimate of drug-likeness (QED) is 0.335. The number of alkyl halides is 1. The van der Waals surface area contributed by atoms with E-state index in [9.17, 15) is 4.79 Å². The Morgan fingerprint density at radius 1 is 1.91 bits per heavy atom. The summed E-state index contributed by atoms with van der Waals surface area (Å²) in [5.41, 5.74) is 0.417. The fraction of sp³-hybridized carbons (Fsp3) is 0.444. The number of aldehydes is 1. The van der Waals surface area contributed by atoms with Gasteiger partial charge >= 0.3 is 0 Å². The first-order valence-electron chi connectivity index (χ1n) is 3.56. The zero-order chi connectivity index (χ0) is 8.48. The Bertz CT molecular complexity index is 220. The molecule has 0 bridgehead atoms. The van der Waals surface area contributed by atoms with Gasteiger partial charge in [-0.3, -0.25) is 0 Å². The van der Waals surface area contributed by atoms with Gasteiger partial charge in [0, 0.05) is 0 Å². The Kier molecular flexibility index (Phi) is 2.19. The molecule has 0 heterocycles. The van der Waals surface area contributed by atoms with Crippen molar-refractivity contribution in [3.63, 3.8) is 0 Å². The smallest absolute Gasteiger partial charge is 0.133 e. The molecule has 0 spiro atoms. The molecular weight excluding hydrogens is 160 g/mol. The zero-order valence-corrected chi connectivity index (χ0v) is 7.27. The molecular formula is C9H11ClO. The van der Waals surface area contributed by atoms with Crippen LogP contribution in [0.3, 0.4) is 0 Å². The monoisotopic (exact) mass is 170 g/mol. The third kappa shape index (κ3) is 1.54. The first-order chi connectivity index (χ1) is 5.08. The highest BCUT2D eigenvalue weighted by atomic mass is 35.5. The number of carbonyl (C=O) groups excluding carboxylic acids is 1. The third-order valence-electron chi connectivity index (χ3n) is 2.10. The molecule has 0 saturated heterocycles. The lowest BCUT2D eigenvalue weighted by Gasteiger charge is -2.27. The second-order valence-electron chi connectivity index (χ2n) is 3.08. The summed E-state index contributed by atoms with van der Waals surface area (Å²) in [7, 11) is 0. The van der Waals surface area contributed by atoms with Gasteiger partial charge in [0.2, 0.25) is 0 Å². The van der Waals surface area contributed by atoms with Gasteiger partial charge in [-0.2, -0.15) is 0 Å². The maximum Gasteiger partial charge on any atom is 0.133 e. The third-order valence-corrected chi connectivity index (χ3v) is 2.40. The molecule has 2 atom stereocenters. The molecule has 1 aliphatic rings. The van der Waals surface area contributed by atoms with E-state index in [1.165, 1.54) is 0 Å². The van der Waals surface area contributed by atoms with E-state index in [4.69, 9.17) is 11.6 Å². The molecule has 2 heteroatoms. The minimum atomic E-state index is -0.481. The number of hydrogen-bond donors (Lipinski definition) is 0. The highest BCUT2D eigenvalue weighted by Crippen LogP contribution is 2.34. The highest BCUT2D eigenvalue weighted by Gasteiger charge is 2.28. The molecule has 0 N–H and O–H groups in total. The molecule has 60 valence electrons. The Balaban J connectivity index is 2.92. The molecule has 0 saturated carbocycles. The van der Waals surface area contributed by atoms with Crippen LogP contribution in [-0.4, -0.2) is 11.7 Å².